The highest BCUT2D eigenvalue weighted by Crippen LogP contribution is 2.30. The topological polar surface area (TPSA) is 81.1 Å². The molecule has 2 amide bonds. The summed E-state index contributed by atoms with van der Waals surface area (Å²) >= 11 is 0. The van der Waals surface area contributed by atoms with Gasteiger partial charge in [-0.2, -0.15) is 0 Å². The van der Waals surface area contributed by atoms with E-state index in [2.05, 4.69) is 0 Å². The number of likely N-dealkylation sites (tertiary alicyclic amines) is 2. The van der Waals surface area contributed by atoms with Gasteiger partial charge in [0.05, 0.1) is 12.6 Å². The Morgan fingerprint density at radius 1 is 1.14 bits per heavy atom. The van der Waals surface area contributed by atoms with E-state index < -0.39 is 11.5 Å². The Hall–Kier alpha value is -1.30. The van der Waals surface area contributed by atoms with Crippen LogP contribution in [0.3, 0.4) is 0 Å². The number of carboxylic acid groups (broad SMARTS) is 1. The van der Waals surface area contributed by atoms with Crippen LogP contribution in [-0.4, -0.2) is 63.3 Å². The third-order valence-electron chi connectivity index (χ3n) is 4.92. The van der Waals surface area contributed by atoms with Crippen molar-refractivity contribution < 1.29 is 19.8 Å². The average Bonchev–Trinajstić information content (AvgIpc) is 2.72. The van der Waals surface area contributed by atoms with Crippen molar-refractivity contribution in [2.75, 3.05) is 19.7 Å². The Balaban J connectivity index is 2.21. The minimum atomic E-state index is -1.12. The molecule has 120 valence electrons. The molecule has 6 nitrogen and oxygen atoms in total. The summed E-state index contributed by atoms with van der Waals surface area (Å²) in [5.74, 6) is -0.939. The van der Waals surface area contributed by atoms with Crippen molar-refractivity contribution in [3.05, 3.63) is 0 Å². The van der Waals surface area contributed by atoms with Gasteiger partial charge in [0.15, 0.2) is 0 Å². The number of carboxylic acids is 1. The lowest BCUT2D eigenvalue weighted by atomic mass is 9.88. The second-order valence-corrected chi connectivity index (χ2v) is 6.35. The zero-order valence-corrected chi connectivity index (χ0v) is 12.8. The van der Waals surface area contributed by atoms with Crippen molar-refractivity contribution in [2.45, 2.75) is 63.5 Å². The van der Waals surface area contributed by atoms with E-state index in [1.807, 2.05) is 0 Å². The molecule has 2 rings (SSSR count). The molecule has 2 aliphatic heterocycles. The van der Waals surface area contributed by atoms with Crippen molar-refractivity contribution in [3.63, 3.8) is 0 Å². The van der Waals surface area contributed by atoms with Gasteiger partial charge >= 0.3 is 12.0 Å². The highest BCUT2D eigenvalue weighted by Gasteiger charge is 2.46. The molecule has 0 saturated carbocycles. The van der Waals surface area contributed by atoms with Crippen LogP contribution in [-0.2, 0) is 4.79 Å². The first-order valence-corrected chi connectivity index (χ1v) is 7.93. The van der Waals surface area contributed by atoms with E-state index in [1.165, 1.54) is 4.90 Å². The molecule has 0 aromatic heterocycles. The van der Waals surface area contributed by atoms with Crippen LogP contribution in [0.15, 0.2) is 0 Å². The minimum Gasteiger partial charge on any atom is -0.480 e. The number of urea groups is 1. The molecule has 2 atom stereocenters. The number of rotatable bonds is 2. The van der Waals surface area contributed by atoms with E-state index in [0.29, 0.717) is 19.5 Å². The van der Waals surface area contributed by atoms with Gasteiger partial charge in [-0.05, 0) is 39.0 Å². The molecule has 6 heteroatoms. The molecule has 0 spiro atoms. The summed E-state index contributed by atoms with van der Waals surface area (Å²) in [6, 6.07) is -0.402. The van der Waals surface area contributed by atoms with Crippen LogP contribution < -0.4 is 0 Å². The molecule has 2 unspecified atom stereocenters. The molecule has 2 aliphatic rings. The Morgan fingerprint density at radius 3 is 2.52 bits per heavy atom. The van der Waals surface area contributed by atoms with Gasteiger partial charge in [-0.25, -0.2) is 9.59 Å². The predicted octanol–water partition coefficient (Wildman–Crippen LogP) is 1.67. The Morgan fingerprint density at radius 2 is 1.86 bits per heavy atom. The molecule has 2 saturated heterocycles. The molecular weight excluding hydrogens is 272 g/mol. The van der Waals surface area contributed by atoms with E-state index in [1.54, 1.807) is 11.8 Å². The number of aliphatic hydroxyl groups is 1. The Labute approximate surface area is 125 Å². The molecule has 0 bridgehead atoms. The van der Waals surface area contributed by atoms with Gasteiger partial charge in [0.2, 0.25) is 0 Å². The second kappa shape index (κ2) is 6.64. The number of nitrogens with zero attached hydrogens (tertiary/aromatic N) is 2. The van der Waals surface area contributed by atoms with Gasteiger partial charge in [-0.3, -0.25) is 0 Å². The SMILES string of the molecule is CC1(C(=O)O)CCCCN1C(=O)N1CCCCCC1CO. The molecule has 2 heterocycles. The molecule has 0 aromatic rings. The van der Waals surface area contributed by atoms with Crippen molar-refractivity contribution in [1.29, 1.82) is 0 Å². The van der Waals surface area contributed by atoms with E-state index >= 15 is 0 Å². The average molecular weight is 298 g/mol. The molecule has 2 fully saturated rings. The summed E-state index contributed by atoms with van der Waals surface area (Å²) in [6.45, 7) is 2.67. The van der Waals surface area contributed by atoms with Crippen LogP contribution >= 0.6 is 0 Å². The standard InChI is InChI=1S/C15H26N2O4/c1-15(13(19)20)8-4-6-10-17(15)14(21)16-9-5-2-3-7-12(16)11-18/h12,18H,2-11H2,1H3,(H,19,20). The van der Waals surface area contributed by atoms with Crippen LogP contribution in [0.25, 0.3) is 0 Å². The summed E-state index contributed by atoms with van der Waals surface area (Å²) in [5.41, 5.74) is -1.12. The monoisotopic (exact) mass is 298 g/mol. The predicted molar refractivity (Wildman–Crippen MR) is 78.0 cm³/mol. The second-order valence-electron chi connectivity index (χ2n) is 6.35. The third-order valence-corrected chi connectivity index (χ3v) is 4.92. The van der Waals surface area contributed by atoms with Gasteiger partial charge in [0.1, 0.15) is 5.54 Å². The zero-order chi connectivity index (χ0) is 15.5. The van der Waals surface area contributed by atoms with E-state index in [4.69, 9.17) is 0 Å². The van der Waals surface area contributed by atoms with Gasteiger partial charge in [-0.15, -0.1) is 0 Å². The molecular formula is C15H26N2O4. The molecule has 2 N–H and O–H groups in total. The lowest BCUT2D eigenvalue weighted by molar-refractivity contribution is -0.151. The smallest absolute Gasteiger partial charge is 0.329 e. The number of aliphatic hydroxyl groups excluding tert-OH is 1. The Kier molecular flexibility index (Phi) is 5.08. The quantitative estimate of drug-likeness (QED) is 0.812. The zero-order valence-electron chi connectivity index (χ0n) is 12.8. The van der Waals surface area contributed by atoms with Gasteiger partial charge in [0, 0.05) is 13.1 Å². The summed E-state index contributed by atoms with van der Waals surface area (Å²) in [5, 5.41) is 19.1. The fourth-order valence-corrected chi connectivity index (χ4v) is 3.42. The number of carbonyl (C=O) groups excluding carboxylic acids is 1. The number of hydrogen-bond acceptors (Lipinski definition) is 3. The third kappa shape index (κ3) is 3.15. The van der Waals surface area contributed by atoms with Crippen LogP contribution in [0.1, 0.15) is 51.9 Å². The van der Waals surface area contributed by atoms with Crippen LogP contribution in [0.4, 0.5) is 4.79 Å². The van der Waals surface area contributed by atoms with Crippen molar-refractivity contribution in [3.8, 4) is 0 Å². The maximum atomic E-state index is 12.9. The number of amides is 2. The lowest BCUT2D eigenvalue weighted by Gasteiger charge is -2.45. The first-order chi connectivity index (χ1) is 10.0. The van der Waals surface area contributed by atoms with Crippen LogP contribution in [0.2, 0.25) is 0 Å². The lowest BCUT2D eigenvalue weighted by Crippen LogP contribution is -2.62. The van der Waals surface area contributed by atoms with E-state index in [-0.39, 0.29) is 18.7 Å². The van der Waals surface area contributed by atoms with Gasteiger partial charge in [-0.1, -0.05) is 12.8 Å². The van der Waals surface area contributed by atoms with Crippen LogP contribution in [0, 0.1) is 0 Å². The number of aliphatic carboxylic acids is 1. The summed E-state index contributed by atoms with van der Waals surface area (Å²) in [7, 11) is 0. The molecule has 0 aliphatic carbocycles. The van der Waals surface area contributed by atoms with Crippen molar-refractivity contribution in [1.82, 2.24) is 9.80 Å². The van der Waals surface area contributed by atoms with Crippen molar-refractivity contribution in [2.24, 2.45) is 0 Å². The maximum absolute atomic E-state index is 12.9. The minimum absolute atomic E-state index is 0.0522. The van der Waals surface area contributed by atoms with Gasteiger partial charge in [0.25, 0.3) is 0 Å². The normalized spacial score (nSPS) is 30.9. The molecule has 21 heavy (non-hydrogen) atoms. The maximum Gasteiger partial charge on any atom is 0.329 e. The highest BCUT2D eigenvalue weighted by atomic mass is 16.4. The first kappa shape index (κ1) is 16.1. The molecule has 0 radical (unpaired) electrons. The van der Waals surface area contributed by atoms with Crippen molar-refractivity contribution >= 4 is 12.0 Å². The Bertz CT molecular complexity index is 401. The van der Waals surface area contributed by atoms with E-state index in [0.717, 1.165) is 38.5 Å². The van der Waals surface area contributed by atoms with Gasteiger partial charge < -0.3 is 20.0 Å². The summed E-state index contributed by atoms with van der Waals surface area (Å²) < 4.78 is 0. The fourth-order valence-electron chi connectivity index (χ4n) is 3.42. The largest absolute Gasteiger partial charge is 0.480 e. The summed E-state index contributed by atoms with van der Waals surface area (Å²) in [6.07, 6.45) is 5.93. The summed E-state index contributed by atoms with van der Waals surface area (Å²) in [4.78, 5) is 27.7. The first-order valence-electron chi connectivity index (χ1n) is 7.93. The van der Waals surface area contributed by atoms with E-state index in [9.17, 15) is 19.8 Å². The number of piperidine rings is 1. The number of carbonyl (C=O) groups is 2. The molecule has 0 aromatic carbocycles. The van der Waals surface area contributed by atoms with Crippen LogP contribution in [0.5, 0.6) is 0 Å². The fraction of sp³-hybridized carbons (Fsp3) is 0.867. The number of hydrogen-bond donors (Lipinski definition) is 2. The highest BCUT2D eigenvalue weighted by molar-refractivity contribution is 5.86.